The average molecular weight is 705 g/mol. The van der Waals surface area contributed by atoms with E-state index in [0.29, 0.717) is 36.4 Å². The lowest BCUT2D eigenvalue weighted by atomic mass is 9.83. The van der Waals surface area contributed by atoms with E-state index in [-0.39, 0.29) is 30.8 Å². The van der Waals surface area contributed by atoms with Gasteiger partial charge in [0, 0.05) is 11.6 Å². The molecule has 15 heteroatoms. The number of hydrogen-bond donors (Lipinski definition) is 5. The fraction of sp³-hybridized carbons (Fsp3) is 0.618. The number of ether oxygens (including phenoxy) is 1. The highest BCUT2D eigenvalue weighted by atomic mass is 35.5. The number of nitrogens with one attached hydrogen (secondary N) is 4. The summed E-state index contributed by atoms with van der Waals surface area (Å²) in [6.45, 7) is 5.46. The second-order valence-electron chi connectivity index (χ2n) is 13.1. The minimum Gasteiger partial charge on any atom is -0.449 e. The lowest BCUT2D eigenvalue weighted by Crippen LogP contribution is -2.58. The summed E-state index contributed by atoms with van der Waals surface area (Å²) >= 11 is 5.98. The molecule has 0 bridgehead atoms. The van der Waals surface area contributed by atoms with Crippen LogP contribution in [-0.2, 0) is 33.5 Å². The highest BCUT2D eigenvalue weighted by Gasteiger charge is 2.42. The number of Topliss-reactive ketones (excluding diaryl/α,β-unsaturated/α-hetero) is 1. The van der Waals surface area contributed by atoms with Gasteiger partial charge in [-0.15, -0.1) is 0 Å². The number of primary amides is 1. The van der Waals surface area contributed by atoms with Gasteiger partial charge in [0.25, 0.3) is 5.91 Å². The monoisotopic (exact) mass is 704 g/mol. The van der Waals surface area contributed by atoms with Gasteiger partial charge in [-0.2, -0.15) is 0 Å². The number of hydrogen-bond acceptors (Lipinski definition) is 8. The second kappa shape index (κ2) is 19.1. The minimum absolute atomic E-state index is 0.101. The van der Waals surface area contributed by atoms with Gasteiger partial charge < -0.3 is 36.6 Å². The molecule has 1 aromatic carbocycles. The molecule has 6 N–H and O–H groups in total. The van der Waals surface area contributed by atoms with Gasteiger partial charge in [-0.1, -0.05) is 70.2 Å². The Labute approximate surface area is 291 Å². The number of benzene rings is 1. The van der Waals surface area contributed by atoms with Gasteiger partial charge >= 0.3 is 6.09 Å². The molecule has 3 rings (SSSR count). The van der Waals surface area contributed by atoms with Crippen LogP contribution in [0.1, 0.15) is 90.2 Å². The number of nitrogens with zero attached hydrogens (tertiary/aromatic N) is 1. The Balaban J connectivity index is 1.63. The molecule has 14 nitrogen and oxygen atoms in total. The Morgan fingerprint density at radius 1 is 0.980 bits per heavy atom. The maximum absolute atomic E-state index is 13.9. The van der Waals surface area contributed by atoms with Gasteiger partial charge in [-0.3, -0.25) is 28.8 Å². The third-order valence-electron chi connectivity index (χ3n) is 8.66. The lowest BCUT2D eigenvalue weighted by Gasteiger charge is -2.34. The summed E-state index contributed by atoms with van der Waals surface area (Å²) in [6.07, 6.45) is 5.22. The zero-order valence-electron chi connectivity index (χ0n) is 28.4. The minimum atomic E-state index is -1.22. The molecule has 2 fully saturated rings. The molecule has 6 amide bonds. The average Bonchev–Trinajstić information content (AvgIpc) is 3.57. The van der Waals surface area contributed by atoms with Crippen molar-refractivity contribution in [3.05, 3.63) is 34.9 Å². The fourth-order valence-corrected chi connectivity index (χ4v) is 6.39. The van der Waals surface area contributed by atoms with Crippen molar-refractivity contribution in [1.29, 1.82) is 0 Å². The number of likely N-dealkylation sites (tertiary alicyclic amines) is 1. The highest BCUT2D eigenvalue weighted by molar-refractivity contribution is 6.38. The first-order chi connectivity index (χ1) is 23.3. The molecule has 1 aliphatic heterocycles. The first-order valence-electron chi connectivity index (χ1n) is 17.0. The van der Waals surface area contributed by atoms with Crippen molar-refractivity contribution < 1.29 is 38.3 Å². The Morgan fingerprint density at radius 2 is 1.69 bits per heavy atom. The number of halogens is 1. The second-order valence-corrected chi connectivity index (χ2v) is 13.5. The molecule has 49 heavy (non-hydrogen) atoms. The largest absolute Gasteiger partial charge is 0.449 e. The number of rotatable bonds is 16. The first-order valence-corrected chi connectivity index (χ1v) is 17.4. The number of nitrogens with two attached hydrogens (primary N) is 1. The zero-order chi connectivity index (χ0) is 36.1. The number of ketones is 1. The van der Waals surface area contributed by atoms with Crippen LogP contribution in [0, 0.1) is 11.8 Å². The van der Waals surface area contributed by atoms with Crippen molar-refractivity contribution in [1.82, 2.24) is 26.2 Å². The van der Waals surface area contributed by atoms with E-state index in [1.165, 1.54) is 11.0 Å². The van der Waals surface area contributed by atoms with Crippen molar-refractivity contribution in [3.8, 4) is 0 Å². The molecular formula is C34H49ClN6O8. The van der Waals surface area contributed by atoms with Crippen molar-refractivity contribution >= 4 is 53.0 Å². The van der Waals surface area contributed by atoms with Gasteiger partial charge in [0.15, 0.2) is 0 Å². The van der Waals surface area contributed by atoms with E-state index in [9.17, 15) is 33.6 Å². The third kappa shape index (κ3) is 11.7. The van der Waals surface area contributed by atoms with E-state index in [1.54, 1.807) is 25.1 Å². The molecule has 2 aliphatic rings. The van der Waals surface area contributed by atoms with Crippen molar-refractivity contribution in [3.63, 3.8) is 0 Å². The molecule has 1 saturated carbocycles. The summed E-state index contributed by atoms with van der Waals surface area (Å²) in [4.78, 5) is 92.1. The van der Waals surface area contributed by atoms with E-state index in [0.717, 1.165) is 32.1 Å². The van der Waals surface area contributed by atoms with Crippen molar-refractivity contribution in [2.45, 2.75) is 103 Å². The smallest absolute Gasteiger partial charge is 0.407 e. The van der Waals surface area contributed by atoms with Gasteiger partial charge in [0.2, 0.25) is 29.4 Å². The summed E-state index contributed by atoms with van der Waals surface area (Å²) in [5.41, 5.74) is 5.78. The Bertz CT molecular complexity index is 1370. The van der Waals surface area contributed by atoms with Crippen molar-refractivity contribution in [2.24, 2.45) is 17.6 Å². The van der Waals surface area contributed by atoms with E-state index >= 15 is 0 Å². The summed E-state index contributed by atoms with van der Waals surface area (Å²) in [5.74, 6) is -4.64. The van der Waals surface area contributed by atoms with Gasteiger partial charge in [-0.05, 0) is 61.6 Å². The SMILES string of the molecule is CCCC(NC(=O)C1CCCN1C(=O)C(NC(=O)OCC(C)C)C1CCCCC1)C(=O)C(=O)NCC(=O)NC(C(N)=O)c1cccc(Cl)c1. The van der Waals surface area contributed by atoms with Crippen LogP contribution in [0.3, 0.4) is 0 Å². The highest BCUT2D eigenvalue weighted by Crippen LogP contribution is 2.29. The van der Waals surface area contributed by atoms with Crippen LogP contribution in [0.2, 0.25) is 5.02 Å². The predicted octanol–water partition coefficient (Wildman–Crippen LogP) is 2.27. The number of carbonyl (C=O) groups excluding carboxylic acids is 7. The molecular weight excluding hydrogens is 656 g/mol. The fourth-order valence-electron chi connectivity index (χ4n) is 6.19. The molecule has 270 valence electrons. The molecule has 1 aliphatic carbocycles. The van der Waals surface area contributed by atoms with Crippen LogP contribution in [0.5, 0.6) is 0 Å². The standard InChI is InChI=1S/C34H49ClN6O8/c1-4-10-24(29(43)32(46)37-18-26(42)39-27(30(36)44)22-13-8-14-23(35)17-22)38-31(45)25-15-9-16-41(25)33(47)28(21-11-6-5-7-12-21)40-34(48)49-19-20(2)3/h8,13-14,17,20-21,24-25,27-28H,4-7,9-12,15-16,18-19H2,1-3H3,(H2,36,44)(H,37,46)(H,38,45)(H,39,42)(H,40,48). The maximum Gasteiger partial charge on any atom is 0.407 e. The molecule has 1 heterocycles. The molecule has 0 aromatic heterocycles. The van der Waals surface area contributed by atoms with Crippen LogP contribution in [0.4, 0.5) is 4.79 Å². The normalized spacial score (nSPS) is 18.1. The van der Waals surface area contributed by atoms with E-state index in [1.807, 2.05) is 13.8 Å². The summed E-state index contributed by atoms with van der Waals surface area (Å²) in [5, 5.41) is 10.4. The zero-order valence-corrected chi connectivity index (χ0v) is 29.2. The topological polar surface area (TPSA) is 206 Å². The molecule has 4 unspecified atom stereocenters. The summed E-state index contributed by atoms with van der Waals surface area (Å²) in [7, 11) is 0. The van der Waals surface area contributed by atoms with Crippen molar-refractivity contribution in [2.75, 3.05) is 19.7 Å². The molecule has 0 radical (unpaired) electrons. The number of alkyl carbamates (subject to hydrolysis) is 1. The predicted molar refractivity (Wildman–Crippen MR) is 181 cm³/mol. The Hall–Kier alpha value is -4.20. The Kier molecular flexibility index (Phi) is 15.3. The van der Waals surface area contributed by atoms with Gasteiger partial charge in [-0.25, -0.2) is 4.79 Å². The van der Waals surface area contributed by atoms with E-state index in [4.69, 9.17) is 22.1 Å². The quantitative estimate of drug-likeness (QED) is 0.161. The third-order valence-corrected chi connectivity index (χ3v) is 8.90. The van der Waals surface area contributed by atoms with E-state index in [2.05, 4.69) is 21.3 Å². The molecule has 4 atom stereocenters. The lowest BCUT2D eigenvalue weighted by molar-refractivity contribution is -0.143. The molecule has 0 spiro atoms. The number of carbonyl (C=O) groups is 7. The first kappa shape index (κ1) is 39.2. The van der Waals surface area contributed by atoms with E-state index < -0.39 is 66.2 Å². The van der Waals surface area contributed by atoms with Crippen LogP contribution in [0.25, 0.3) is 0 Å². The van der Waals surface area contributed by atoms with Crippen LogP contribution in [-0.4, -0.2) is 84.1 Å². The summed E-state index contributed by atoms with van der Waals surface area (Å²) < 4.78 is 5.30. The molecule has 1 aromatic rings. The Morgan fingerprint density at radius 3 is 2.33 bits per heavy atom. The summed E-state index contributed by atoms with van der Waals surface area (Å²) in [6, 6.07) is 2.00. The van der Waals surface area contributed by atoms with Gasteiger partial charge in [0.1, 0.15) is 18.1 Å². The van der Waals surface area contributed by atoms with Crippen LogP contribution in [0.15, 0.2) is 24.3 Å². The van der Waals surface area contributed by atoms with Gasteiger partial charge in [0.05, 0.1) is 19.2 Å². The maximum atomic E-state index is 13.9. The molecule has 1 saturated heterocycles. The van der Waals surface area contributed by atoms with Crippen LogP contribution >= 0.6 is 11.6 Å². The van der Waals surface area contributed by atoms with Crippen LogP contribution < -0.4 is 27.0 Å². The number of amides is 6.